The van der Waals surface area contributed by atoms with E-state index < -0.39 is 15.8 Å². The van der Waals surface area contributed by atoms with E-state index in [1.54, 1.807) is 6.92 Å². The average molecular weight is 334 g/mol. The summed E-state index contributed by atoms with van der Waals surface area (Å²) in [4.78, 5) is 3.76. The van der Waals surface area contributed by atoms with Crippen molar-refractivity contribution in [2.24, 2.45) is 0 Å². The molecule has 0 amide bonds. The number of aromatic amines is 1. The van der Waals surface area contributed by atoms with E-state index in [1.807, 2.05) is 0 Å². The number of nitrogens with two attached hydrogens (primary N) is 1. The van der Waals surface area contributed by atoms with Gasteiger partial charge in [0.15, 0.2) is 5.82 Å². The fourth-order valence-electron chi connectivity index (χ4n) is 1.65. The normalized spacial score (nSPS) is 12.0. The Morgan fingerprint density at radius 2 is 2.14 bits per heavy atom. The number of aromatic nitrogens is 3. The van der Waals surface area contributed by atoms with Gasteiger partial charge in [-0.2, -0.15) is 9.40 Å². The molecule has 7 nitrogen and oxygen atoms in total. The zero-order valence-corrected chi connectivity index (χ0v) is 12.8. The number of hydrogen-bond acceptors (Lipinski definition) is 5. The lowest BCUT2D eigenvalue weighted by molar-refractivity contribution is 0.457. The smallest absolute Gasteiger partial charge is 0.244 e. The van der Waals surface area contributed by atoms with Gasteiger partial charge in [-0.15, -0.1) is 0 Å². The van der Waals surface area contributed by atoms with Crippen LogP contribution in [0.25, 0.3) is 0 Å². The molecule has 0 radical (unpaired) electrons. The van der Waals surface area contributed by atoms with E-state index in [4.69, 9.17) is 17.3 Å². The highest BCUT2D eigenvalue weighted by Crippen LogP contribution is 2.28. The monoisotopic (exact) mass is 333 g/mol. The molecule has 21 heavy (non-hydrogen) atoms. The maximum absolute atomic E-state index is 13.3. The molecule has 1 aromatic carbocycles. The van der Waals surface area contributed by atoms with Gasteiger partial charge < -0.3 is 5.73 Å². The Bertz CT molecular complexity index is 777. The molecule has 0 atom stereocenters. The number of anilines is 1. The lowest BCUT2D eigenvalue weighted by atomic mass is 10.3. The minimum atomic E-state index is -3.94. The zero-order valence-electron chi connectivity index (χ0n) is 11.3. The first-order valence-electron chi connectivity index (χ1n) is 5.80. The number of sulfonamides is 1. The first-order valence-corrected chi connectivity index (χ1v) is 7.62. The summed E-state index contributed by atoms with van der Waals surface area (Å²) in [6, 6.07) is 1.86. The Labute approximate surface area is 126 Å². The summed E-state index contributed by atoms with van der Waals surface area (Å²) in [6.45, 7) is 1.64. The number of hydrogen-bond donors (Lipinski definition) is 2. The van der Waals surface area contributed by atoms with Crippen molar-refractivity contribution in [3.8, 4) is 0 Å². The topological polar surface area (TPSA) is 105 Å². The number of nitrogens with one attached hydrogen (secondary N) is 1. The van der Waals surface area contributed by atoms with Crippen LogP contribution >= 0.6 is 11.6 Å². The number of nitrogens with zero attached hydrogens (tertiary/aromatic N) is 3. The molecule has 0 aliphatic carbocycles. The van der Waals surface area contributed by atoms with Crippen molar-refractivity contribution in [2.75, 3.05) is 12.8 Å². The molecule has 2 rings (SSSR count). The molecule has 10 heteroatoms. The standard InChI is InChI=1S/C11H13ClFN5O2S/c1-6-15-11(17-16-6)5-18(2)21(19,20)10-4-9(14)8(13)3-7(10)12/h3-4H,5,14H2,1-2H3,(H,15,16,17). The van der Waals surface area contributed by atoms with E-state index in [0.29, 0.717) is 11.6 Å². The fourth-order valence-corrected chi connectivity index (χ4v) is 3.30. The summed E-state index contributed by atoms with van der Waals surface area (Å²) in [5.74, 6) is 0.107. The Hall–Kier alpha value is -1.71. The van der Waals surface area contributed by atoms with Crippen LogP contribution < -0.4 is 5.73 Å². The van der Waals surface area contributed by atoms with Gasteiger partial charge in [0.1, 0.15) is 16.5 Å². The Morgan fingerprint density at radius 1 is 1.48 bits per heavy atom. The van der Waals surface area contributed by atoms with E-state index in [2.05, 4.69) is 15.2 Å². The van der Waals surface area contributed by atoms with Crippen molar-refractivity contribution in [1.29, 1.82) is 0 Å². The van der Waals surface area contributed by atoms with Crippen LogP contribution in [0.3, 0.4) is 0 Å². The van der Waals surface area contributed by atoms with Gasteiger partial charge >= 0.3 is 0 Å². The fraction of sp³-hybridized carbons (Fsp3) is 0.273. The summed E-state index contributed by atoms with van der Waals surface area (Å²) in [5.41, 5.74) is 5.10. The minimum absolute atomic E-state index is 0.0553. The average Bonchev–Trinajstić information content (AvgIpc) is 2.79. The van der Waals surface area contributed by atoms with E-state index in [0.717, 1.165) is 16.4 Å². The first-order chi connectivity index (χ1) is 9.71. The summed E-state index contributed by atoms with van der Waals surface area (Å²) in [7, 11) is -2.59. The quantitative estimate of drug-likeness (QED) is 0.821. The maximum Gasteiger partial charge on any atom is 0.244 e. The van der Waals surface area contributed by atoms with Gasteiger partial charge in [-0.25, -0.2) is 17.8 Å². The molecule has 0 aliphatic heterocycles. The third-order valence-corrected chi connectivity index (χ3v) is 5.02. The SMILES string of the molecule is Cc1nc(CN(C)S(=O)(=O)c2cc(N)c(F)cc2Cl)n[nH]1. The van der Waals surface area contributed by atoms with Crippen LogP contribution in [0.2, 0.25) is 5.02 Å². The third kappa shape index (κ3) is 3.14. The molecule has 0 saturated carbocycles. The number of nitrogen functional groups attached to an aromatic ring is 1. The molecule has 0 aliphatic rings. The molecule has 0 spiro atoms. The number of H-pyrrole nitrogens is 1. The first kappa shape index (κ1) is 15.7. The second-order valence-corrected chi connectivity index (χ2v) is 6.82. The number of halogens is 2. The number of aryl methyl sites for hydroxylation is 1. The van der Waals surface area contributed by atoms with Gasteiger partial charge in [0.25, 0.3) is 0 Å². The van der Waals surface area contributed by atoms with Gasteiger partial charge in [0.2, 0.25) is 10.0 Å². The molecular formula is C11H13ClFN5O2S. The van der Waals surface area contributed by atoms with Gasteiger partial charge in [-0.1, -0.05) is 11.6 Å². The molecular weight excluding hydrogens is 321 g/mol. The van der Waals surface area contributed by atoms with Crippen LogP contribution in [-0.2, 0) is 16.6 Å². The highest BCUT2D eigenvalue weighted by molar-refractivity contribution is 7.89. The summed E-state index contributed by atoms with van der Waals surface area (Å²) in [6.07, 6.45) is 0. The number of benzene rings is 1. The van der Waals surface area contributed by atoms with Crippen LogP contribution in [0, 0.1) is 12.7 Å². The maximum atomic E-state index is 13.3. The lowest BCUT2D eigenvalue weighted by Gasteiger charge is -2.17. The molecule has 1 heterocycles. The van der Waals surface area contributed by atoms with E-state index in [9.17, 15) is 12.8 Å². The van der Waals surface area contributed by atoms with E-state index >= 15 is 0 Å². The highest BCUT2D eigenvalue weighted by Gasteiger charge is 2.26. The van der Waals surface area contributed by atoms with Crippen molar-refractivity contribution in [1.82, 2.24) is 19.5 Å². The summed E-state index contributed by atoms with van der Waals surface area (Å²) in [5, 5.41) is 6.24. The van der Waals surface area contributed by atoms with Crippen molar-refractivity contribution in [2.45, 2.75) is 18.4 Å². The number of rotatable bonds is 4. The largest absolute Gasteiger partial charge is 0.396 e. The van der Waals surface area contributed by atoms with Gasteiger partial charge in [-0.3, -0.25) is 5.10 Å². The summed E-state index contributed by atoms with van der Waals surface area (Å²) >= 11 is 5.80. The zero-order chi connectivity index (χ0) is 15.8. The molecule has 2 aromatic rings. The van der Waals surface area contributed by atoms with Crippen LogP contribution in [0.4, 0.5) is 10.1 Å². The van der Waals surface area contributed by atoms with Crippen LogP contribution in [0.5, 0.6) is 0 Å². The molecule has 1 aromatic heterocycles. The predicted octanol–water partition coefficient (Wildman–Crippen LogP) is 1.31. The van der Waals surface area contributed by atoms with Gasteiger partial charge in [0.05, 0.1) is 17.3 Å². The van der Waals surface area contributed by atoms with Gasteiger partial charge in [0, 0.05) is 7.05 Å². The van der Waals surface area contributed by atoms with Crippen molar-refractivity contribution < 1.29 is 12.8 Å². The van der Waals surface area contributed by atoms with Crippen LogP contribution in [0.15, 0.2) is 17.0 Å². The lowest BCUT2D eigenvalue weighted by Crippen LogP contribution is -2.27. The van der Waals surface area contributed by atoms with Crippen molar-refractivity contribution >= 4 is 27.3 Å². The Balaban J connectivity index is 2.35. The third-order valence-electron chi connectivity index (χ3n) is 2.75. The summed E-state index contributed by atoms with van der Waals surface area (Å²) < 4.78 is 39.1. The van der Waals surface area contributed by atoms with E-state index in [-0.39, 0.29) is 22.2 Å². The molecule has 0 saturated heterocycles. The Morgan fingerprint density at radius 3 is 2.71 bits per heavy atom. The Kier molecular flexibility index (Phi) is 4.17. The van der Waals surface area contributed by atoms with E-state index in [1.165, 1.54) is 7.05 Å². The van der Waals surface area contributed by atoms with Crippen LogP contribution in [-0.4, -0.2) is 35.0 Å². The minimum Gasteiger partial charge on any atom is -0.396 e. The van der Waals surface area contributed by atoms with Gasteiger partial charge in [-0.05, 0) is 19.1 Å². The predicted molar refractivity (Wildman–Crippen MR) is 75.6 cm³/mol. The highest BCUT2D eigenvalue weighted by atomic mass is 35.5. The second-order valence-electron chi connectivity index (χ2n) is 4.40. The molecule has 0 bridgehead atoms. The molecule has 3 N–H and O–H groups in total. The van der Waals surface area contributed by atoms with Crippen LogP contribution in [0.1, 0.15) is 11.6 Å². The molecule has 0 unspecified atom stereocenters. The molecule has 114 valence electrons. The van der Waals surface area contributed by atoms with Crippen molar-refractivity contribution in [3.63, 3.8) is 0 Å². The molecule has 0 fully saturated rings. The van der Waals surface area contributed by atoms with Crippen molar-refractivity contribution in [3.05, 3.63) is 34.6 Å². The second kappa shape index (κ2) is 5.58.